The number of hydrogen-bond donors (Lipinski definition) is 2. The number of likely N-dealkylation sites (tertiary alicyclic amines) is 1. The highest BCUT2D eigenvalue weighted by molar-refractivity contribution is 5.85. The van der Waals surface area contributed by atoms with Gasteiger partial charge in [-0.3, -0.25) is 19.4 Å². The summed E-state index contributed by atoms with van der Waals surface area (Å²) in [6, 6.07) is 10.7. The van der Waals surface area contributed by atoms with Crippen LogP contribution in [0.1, 0.15) is 38.2 Å². The van der Waals surface area contributed by atoms with Gasteiger partial charge < -0.3 is 10.4 Å². The monoisotopic (exact) mass is 395 g/mol. The number of likely N-dealkylation sites (N-methyl/N-ethyl adjacent to an activating group) is 1. The second-order valence-corrected chi connectivity index (χ2v) is 7.40. The third-order valence-corrected chi connectivity index (χ3v) is 5.62. The molecule has 1 amide bonds. The molecule has 0 spiro atoms. The van der Waals surface area contributed by atoms with Crippen molar-refractivity contribution in [2.75, 3.05) is 19.6 Å². The standard InChI is InChI=1S/C20H29N3O3.ClH/c1-2-22(14-19(24)25)17-11-16(12-17)21-20(26)18-9-6-10-23(18)13-15-7-4-3-5-8-15;/h3-5,7-8,16-18H,2,6,9-14H2,1H3,(H,21,26)(H,24,25);1H. The molecule has 1 heterocycles. The number of nitrogens with zero attached hydrogens (tertiary/aromatic N) is 2. The first-order valence-electron chi connectivity index (χ1n) is 9.61. The Kier molecular flexibility index (Phi) is 8.07. The molecule has 3 rings (SSSR count). The third-order valence-electron chi connectivity index (χ3n) is 5.62. The predicted molar refractivity (Wildman–Crippen MR) is 107 cm³/mol. The van der Waals surface area contributed by atoms with E-state index in [1.54, 1.807) is 0 Å². The van der Waals surface area contributed by atoms with Crippen molar-refractivity contribution >= 4 is 24.3 Å². The van der Waals surface area contributed by atoms with Gasteiger partial charge in [0.2, 0.25) is 5.91 Å². The molecule has 1 aliphatic carbocycles. The minimum Gasteiger partial charge on any atom is -0.480 e. The summed E-state index contributed by atoms with van der Waals surface area (Å²) in [5.41, 5.74) is 1.24. The summed E-state index contributed by atoms with van der Waals surface area (Å²) >= 11 is 0. The number of halogens is 1. The van der Waals surface area contributed by atoms with Gasteiger partial charge in [-0.2, -0.15) is 0 Å². The lowest BCUT2D eigenvalue weighted by Crippen LogP contribution is -2.57. The van der Waals surface area contributed by atoms with Gasteiger partial charge in [-0.15, -0.1) is 12.4 Å². The lowest BCUT2D eigenvalue weighted by molar-refractivity contribution is -0.140. The van der Waals surface area contributed by atoms with Gasteiger partial charge in [-0.05, 0) is 44.3 Å². The maximum Gasteiger partial charge on any atom is 0.317 e. The van der Waals surface area contributed by atoms with Gasteiger partial charge in [0.25, 0.3) is 0 Å². The zero-order valence-electron chi connectivity index (χ0n) is 15.8. The zero-order chi connectivity index (χ0) is 18.5. The van der Waals surface area contributed by atoms with Crippen LogP contribution in [0.15, 0.2) is 30.3 Å². The van der Waals surface area contributed by atoms with Gasteiger partial charge >= 0.3 is 5.97 Å². The number of aliphatic carboxylic acids is 1. The van der Waals surface area contributed by atoms with Crippen molar-refractivity contribution in [3.8, 4) is 0 Å². The Labute approximate surface area is 167 Å². The average Bonchev–Trinajstić information content (AvgIpc) is 3.04. The molecule has 1 aromatic rings. The van der Waals surface area contributed by atoms with Crippen molar-refractivity contribution in [2.45, 2.75) is 57.3 Å². The van der Waals surface area contributed by atoms with Crippen LogP contribution in [0, 0.1) is 0 Å². The number of carboxylic acid groups (broad SMARTS) is 1. The van der Waals surface area contributed by atoms with Crippen molar-refractivity contribution in [3.05, 3.63) is 35.9 Å². The summed E-state index contributed by atoms with van der Waals surface area (Å²) in [6.07, 6.45) is 3.66. The Bertz CT molecular complexity index is 622. The highest BCUT2D eigenvalue weighted by Crippen LogP contribution is 2.27. The second-order valence-electron chi connectivity index (χ2n) is 7.40. The number of carbonyl (C=O) groups excluding carboxylic acids is 1. The van der Waals surface area contributed by atoms with E-state index in [0.29, 0.717) is 0 Å². The van der Waals surface area contributed by atoms with Crippen LogP contribution in [0.5, 0.6) is 0 Å². The molecule has 0 radical (unpaired) electrons. The number of rotatable bonds is 8. The van der Waals surface area contributed by atoms with Gasteiger partial charge in [0.15, 0.2) is 0 Å². The molecule has 27 heavy (non-hydrogen) atoms. The van der Waals surface area contributed by atoms with Crippen LogP contribution in [0.4, 0.5) is 0 Å². The molecule has 1 saturated carbocycles. The van der Waals surface area contributed by atoms with Crippen LogP contribution in [-0.4, -0.2) is 64.5 Å². The lowest BCUT2D eigenvalue weighted by Gasteiger charge is -2.42. The van der Waals surface area contributed by atoms with E-state index in [4.69, 9.17) is 5.11 Å². The van der Waals surface area contributed by atoms with Crippen molar-refractivity contribution in [1.82, 2.24) is 15.1 Å². The summed E-state index contributed by atoms with van der Waals surface area (Å²) in [6.45, 7) is 4.56. The molecule has 1 unspecified atom stereocenters. The van der Waals surface area contributed by atoms with E-state index in [2.05, 4.69) is 22.3 Å². The fourth-order valence-electron chi connectivity index (χ4n) is 4.10. The Balaban J connectivity index is 0.00000261. The molecule has 150 valence electrons. The van der Waals surface area contributed by atoms with E-state index in [0.717, 1.165) is 45.3 Å². The predicted octanol–water partition coefficient (Wildman–Crippen LogP) is 2.13. The van der Waals surface area contributed by atoms with Crippen LogP contribution in [0.3, 0.4) is 0 Å². The molecule has 1 aliphatic heterocycles. The van der Waals surface area contributed by atoms with Crippen molar-refractivity contribution in [3.63, 3.8) is 0 Å². The zero-order valence-corrected chi connectivity index (χ0v) is 16.7. The number of hydrogen-bond acceptors (Lipinski definition) is 4. The van der Waals surface area contributed by atoms with Gasteiger partial charge in [0.05, 0.1) is 12.6 Å². The normalized spacial score (nSPS) is 24.9. The number of nitrogens with one attached hydrogen (secondary N) is 1. The smallest absolute Gasteiger partial charge is 0.317 e. The van der Waals surface area contributed by atoms with E-state index < -0.39 is 5.97 Å². The molecule has 0 aromatic heterocycles. The summed E-state index contributed by atoms with van der Waals surface area (Å²) < 4.78 is 0. The summed E-state index contributed by atoms with van der Waals surface area (Å²) in [4.78, 5) is 27.9. The molecule has 1 aromatic carbocycles. The van der Waals surface area contributed by atoms with Crippen molar-refractivity contribution in [2.24, 2.45) is 0 Å². The van der Waals surface area contributed by atoms with Gasteiger partial charge in [-0.1, -0.05) is 37.3 Å². The molecule has 6 nitrogen and oxygen atoms in total. The molecule has 1 saturated heterocycles. The maximum atomic E-state index is 12.7. The third kappa shape index (κ3) is 5.67. The van der Waals surface area contributed by atoms with E-state index >= 15 is 0 Å². The molecule has 7 heteroatoms. The Morgan fingerprint density at radius 1 is 1.26 bits per heavy atom. The highest BCUT2D eigenvalue weighted by atomic mass is 35.5. The van der Waals surface area contributed by atoms with Crippen LogP contribution < -0.4 is 5.32 Å². The largest absolute Gasteiger partial charge is 0.480 e. The van der Waals surface area contributed by atoms with Crippen molar-refractivity contribution < 1.29 is 14.7 Å². The topological polar surface area (TPSA) is 72.9 Å². The first-order valence-corrected chi connectivity index (χ1v) is 9.61. The quantitative estimate of drug-likeness (QED) is 0.705. The van der Waals surface area contributed by atoms with Gasteiger partial charge in [0.1, 0.15) is 0 Å². The molecular formula is C20H30ClN3O3. The molecular weight excluding hydrogens is 366 g/mol. The molecule has 2 fully saturated rings. The van der Waals surface area contributed by atoms with E-state index in [9.17, 15) is 9.59 Å². The van der Waals surface area contributed by atoms with Gasteiger partial charge in [-0.25, -0.2) is 0 Å². The Morgan fingerprint density at radius 2 is 1.96 bits per heavy atom. The van der Waals surface area contributed by atoms with E-state index in [1.807, 2.05) is 30.0 Å². The number of benzene rings is 1. The fraction of sp³-hybridized carbons (Fsp3) is 0.600. The molecule has 2 N–H and O–H groups in total. The minimum atomic E-state index is -0.790. The first kappa shape index (κ1) is 21.7. The highest BCUT2D eigenvalue weighted by Gasteiger charge is 2.37. The molecule has 1 atom stereocenters. The molecule has 2 aliphatic rings. The minimum absolute atomic E-state index is 0. The summed E-state index contributed by atoms with van der Waals surface area (Å²) in [7, 11) is 0. The van der Waals surface area contributed by atoms with E-state index in [-0.39, 0.29) is 43.0 Å². The van der Waals surface area contributed by atoms with Crippen LogP contribution in [0.25, 0.3) is 0 Å². The summed E-state index contributed by atoms with van der Waals surface area (Å²) in [5.74, 6) is -0.662. The van der Waals surface area contributed by atoms with E-state index in [1.165, 1.54) is 5.56 Å². The van der Waals surface area contributed by atoms with Crippen LogP contribution in [-0.2, 0) is 16.1 Å². The molecule has 0 bridgehead atoms. The SMILES string of the molecule is CCN(CC(=O)O)C1CC(NC(=O)C2CCCN2Cc2ccccc2)C1.Cl. The number of carboxylic acids is 1. The number of amides is 1. The first-order chi connectivity index (χ1) is 12.6. The van der Waals surface area contributed by atoms with Crippen LogP contribution in [0.2, 0.25) is 0 Å². The second kappa shape index (κ2) is 10.1. The fourth-order valence-corrected chi connectivity index (χ4v) is 4.10. The lowest BCUT2D eigenvalue weighted by atomic mass is 9.85. The maximum absolute atomic E-state index is 12.7. The Morgan fingerprint density at radius 3 is 2.59 bits per heavy atom. The van der Waals surface area contributed by atoms with Crippen molar-refractivity contribution in [1.29, 1.82) is 0 Å². The summed E-state index contributed by atoms with van der Waals surface area (Å²) in [5, 5.41) is 12.2. The average molecular weight is 396 g/mol. The van der Waals surface area contributed by atoms with Crippen LogP contribution >= 0.6 is 12.4 Å². The number of carbonyl (C=O) groups is 2. The Hall–Kier alpha value is -1.63. The van der Waals surface area contributed by atoms with Gasteiger partial charge in [0, 0.05) is 18.6 Å².